The van der Waals surface area contributed by atoms with E-state index in [2.05, 4.69) is 31.4 Å². The van der Waals surface area contributed by atoms with Crippen LogP contribution in [0.25, 0.3) is 0 Å². The second-order valence-electron chi connectivity index (χ2n) is 13.3. The maximum absolute atomic E-state index is 12.9. The van der Waals surface area contributed by atoms with E-state index in [1.54, 1.807) is 27.7 Å². The Kier molecular flexibility index (Phi) is 19.3. The molecule has 2 unspecified atom stereocenters. The first-order valence-electron chi connectivity index (χ1n) is 16.6. The lowest BCUT2D eigenvalue weighted by Crippen LogP contribution is -2.52. The third kappa shape index (κ3) is 15.7. The number of hydrogen-bond donors (Lipinski definition) is 10. The highest BCUT2D eigenvalue weighted by atomic mass is 33.1. The number of carboxylic acids is 2. The van der Waals surface area contributed by atoms with Gasteiger partial charge in [-0.1, -0.05) is 49.3 Å². The fourth-order valence-corrected chi connectivity index (χ4v) is 10.2. The molecule has 0 aliphatic carbocycles. The van der Waals surface area contributed by atoms with Gasteiger partial charge in [-0.2, -0.15) is 0 Å². The molecule has 0 spiro atoms. The van der Waals surface area contributed by atoms with Crippen molar-refractivity contribution in [2.45, 2.75) is 64.8 Å². The minimum absolute atomic E-state index is 0.0554. The van der Waals surface area contributed by atoms with E-state index in [1.807, 2.05) is 0 Å². The molecule has 26 heteroatoms. The first kappa shape index (κ1) is 47.8. The van der Waals surface area contributed by atoms with Gasteiger partial charge in [-0.25, -0.2) is 19.3 Å². The van der Waals surface area contributed by atoms with Crippen LogP contribution in [0, 0.1) is 10.8 Å². The summed E-state index contributed by atoms with van der Waals surface area (Å²) in [6.07, 6.45) is -2.71. The predicted octanol–water partition coefficient (Wildman–Crippen LogP) is -1.22. The Balaban J connectivity index is 1.59. The third-order valence-electron chi connectivity index (χ3n) is 7.59. The number of aliphatic hydroxyl groups is 2. The highest BCUT2D eigenvalue weighted by Gasteiger charge is 2.50. The van der Waals surface area contributed by atoms with E-state index in [0.29, 0.717) is 24.6 Å². The number of hydrogen-bond acceptors (Lipinski definition) is 16. The van der Waals surface area contributed by atoms with Crippen LogP contribution in [0.5, 0.6) is 0 Å². The Morgan fingerprint density at radius 1 is 0.648 bits per heavy atom. The summed E-state index contributed by atoms with van der Waals surface area (Å²) in [6, 6.07) is -3.27. The smallest absolute Gasteiger partial charge is 0.407 e. The second-order valence-corrected chi connectivity index (χ2v) is 19.5. The van der Waals surface area contributed by atoms with Crippen LogP contribution in [-0.2, 0) is 56.0 Å². The molecule has 6 atom stereocenters. The van der Waals surface area contributed by atoms with Crippen molar-refractivity contribution in [2.24, 2.45) is 10.8 Å². The molecule has 2 fully saturated rings. The Morgan fingerprint density at radius 2 is 1.00 bits per heavy atom. The van der Waals surface area contributed by atoms with E-state index >= 15 is 0 Å². The quantitative estimate of drug-likeness (QED) is 0.0327. The van der Waals surface area contributed by atoms with Gasteiger partial charge in [0.1, 0.15) is 12.1 Å². The number of aliphatic carboxylic acids is 2. The van der Waals surface area contributed by atoms with Crippen molar-refractivity contribution in [1.29, 1.82) is 0 Å². The van der Waals surface area contributed by atoms with Gasteiger partial charge in [0.2, 0.25) is 23.6 Å². The molecular formula is C28H50N6O16P2S2. The Labute approximate surface area is 319 Å². The van der Waals surface area contributed by atoms with Gasteiger partial charge in [0, 0.05) is 61.4 Å². The molecule has 0 radical (unpaired) electrons. The van der Waals surface area contributed by atoms with Gasteiger partial charge in [-0.05, 0) is 0 Å². The summed E-state index contributed by atoms with van der Waals surface area (Å²) in [7, 11) is -5.57. The van der Waals surface area contributed by atoms with Crippen molar-refractivity contribution in [2.75, 3.05) is 64.1 Å². The maximum atomic E-state index is 12.9. The molecule has 2 rings (SSSR count). The molecule has 2 aliphatic heterocycles. The molecule has 2 saturated heterocycles. The minimum Gasteiger partial charge on any atom is -0.480 e. The summed E-state index contributed by atoms with van der Waals surface area (Å²) in [4.78, 5) is 72.4. The van der Waals surface area contributed by atoms with E-state index in [9.17, 15) is 48.1 Å². The van der Waals surface area contributed by atoms with E-state index in [1.165, 1.54) is 21.6 Å². The molecule has 10 N–H and O–H groups in total. The Morgan fingerprint density at radius 3 is 1.31 bits per heavy atom. The van der Waals surface area contributed by atoms with Crippen LogP contribution < -0.4 is 31.4 Å². The molecule has 0 bridgehead atoms. The van der Waals surface area contributed by atoms with Crippen LogP contribution in [0.15, 0.2) is 0 Å². The molecule has 2 aliphatic rings. The lowest BCUT2D eigenvalue weighted by atomic mass is 9.87. The maximum Gasteiger partial charge on any atom is 0.407 e. The molecule has 0 saturated carbocycles. The highest BCUT2D eigenvalue weighted by Crippen LogP contribution is 2.54. The van der Waals surface area contributed by atoms with Crippen molar-refractivity contribution < 1.29 is 76.4 Å². The Bertz CT molecular complexity index is 1340. The van der Waals surface area contributed by atoms with Gasteiger partial charge in [-0.15, -0.1) is 0 Å². The van der Waals surface area contributed by atoms with Crippen LogP contribution in [-0.4, -0.2) is 144 Å². The fraction of sp³-hybridized carbons (Fsp3) is 0.786. The number of amides is 4. The molecular weight excluding hydrogens is 802 g/mol. The van der Waals surface area contributed by atoms with Crippen molar-refractivity contribution in [3.8, 4) is 0 Å². The minimum atomic E-state index is -4.24. The van der Waals surface area contributed by atoms with E-state index < -0.39 is 87.6 Å². The number of carbonyl (C=O) groups excluding carboxylic acids is 4. The van der Waals surface area contributed by atoms with Crippen LogP contribution in [0.4, 0.5) is 0 Å². The summed E-state index contributed by atoms with van der Waals surface area (Å²) in [5.41, 5.74) is -1.88. The van der Waals surface area contributed by atoms with Gasteiger partial charge >= 0.3 is 27.4 Å². The Hall–Kier alpha value is -2.34. The van der Waals surface area contributed by atoms with E-state index in [-0.39, 0.29) is 51.0 Å². The molecule has 0 aromatic carbocycles. The zero-order valence-corrected chi connectivity index (χ0v) is 33.6. The second kappa shape index (κ2) is 21.8. The summed E-state index contributed by atoms with van der Waals surface area (Å²) in [6.45, 7) is 4.85. The standard InChI is InChI=1S/C28H50N6O16P2S2/c1-27(2)15-47-51(45,33-17(13-35)25(41)42)49-21(27)23(39)31-7-5-19(37)29-9-11-53-54-12-10-30-20(38)6-8-32-24(40)22-28(3,4)16-48-52(46,50-22)34-18(14-36)26(43)44/h17-18,21-22,35-36H,5-16H2,1-4H3,(H,29,37)(H,30,38)(H,31,39)(H,32,40)(H,33,45)(H,34,46)(H,41,42)(H,43,44)/t17-,18-,21-,22-,51?,52?/m0/s1. The topological polar surface area (TPSA) is 327 Å². The van der Waals surface area contributed by atoms with Crippen LogP contribution >= 0.6 is 37.1 Å². The molecule has 4 amide bonds. The monoisotopic (exact) mass is 852 g/mol. The molecule has 0 aromatic heterocycles. The number of nitrogens with one attached hydrogen (secondary N) is 6. The largest absolute Gasteiger partial charge is 0.480 e. The zero-order chi connectivity index (χ0) is 40.7. The van der Waals surface area contributed by atoms with Gasteiger partial charge in [0.15, 0.2) is 12.2 Å². The summed E-state index contributed by atoms with van der Waals surface area (Å²) >= 11 is 0. The summed E-state index contributed by atoms with van der Waals surface area (Å²) in [5, 5.41) is 51.3. The number of carbonyl (C=O) groups is 6. The fourth-order valence-electron chi connectivity index (χ4n) is 4.49. The number of rotatable bonds is 23. The summed E-state index contributed by atoms with van der Waals surface area (Å²) in [5.74, 6) is -3.91. The zero-order valence-electron chi connectivity index (χ0n) is 30.2. The lowest BCUT2D eigenvalue weighted by Gasteiger charge is -2.40. The molecule has 54 heavy (non-hydrogen) atoms. The van der Waals surface area contributed by atoms with E-state index in [4.69, 9.17) is 28.3 Å². The van der Waals surface area contributed by atoms with Crippen LogP contribution in [0.3, 0.4) is 0 Å². The highest BCUT2D eigenvalue weighted by molar-refractivity contribution is 8.76. The average Bonchev–Trinajstić information content (AvgIpc) is 3.09. The van der Waals surface area contributed by atoms with E-state index in [0.717, 1.165) is 0 Å². The molecule has 22 nitrogen and oxygen atoms in total. The van der Waals surface area contributed by atoms with Gasteiger partial charge in [0.05, 0.1) is 26.4 Å². The molecule has 0 aromatic rings. The van der Waals surface area contributed by atoms with Crippen molar-refractivity contribution >= 4 is 72.6 Å². The lowest BCUT2D eigenvalue weighted by molar-refractivity contribution is -0.142. The van der Waals surface area contributed by atoms with Crippen LogP contribution in [0.2, 0.25) is 0 Å². The molecule has 2 heterocycles. The third-order valence-corrected chi connectivity index (χ3v) is 13.2. The first-order chi connectivity index (χ1) is 25.2. The predicted molar refractivity (Wildman–Crippen MR) is 194 cm³/mol. The first-order valence-corrected chi connectivity index (χ1v) is 22.2. The van der Waals surface area contributed by atoms with Gasteiger partial charge in [-0.3, -0.25) is 46.9 Å². The van der Waals surface area contributed by atoms with Crippen LogP contribution in [0.1, 0.15) is 40.5 Å². The summed E-state index contributed by atoms with van der Waals surface area (Å²) < 4.78 is 46.9. The van der Waals surface area contributed by atoms with Gasteiger partial charge in [0.25, 0.3) is 0 Å². The number of aliphatic hydroxyl groups excluding tert-OH is 2. The molecule has 310 valence electrons. The SMILES string of the molecule is CC1(C)COP(=O)(N[C@@H](CO)C(=O)O)O[C@H]1C(=O)NCCC(=O)NCCSSCCNC(=O)CCNC(=O)[C@@H]1OP(=O)(N[C@@H](CO)C(=O)O)OCC1(C)C. The number of carboxylic acid groups (broad SMARTS) is 2. The average molecular weight is 853 g/mol. The van der Waals surface area contributed by atoms with Crippen molar-refractivity contribution in [3.05, 3.63) is 0 Å². The van der Waals surface area contributed by atoms with Crippen molar-refractivity contribution in [3.63, 3.8) is 0 Å². The van der Waals surface area contributed by atoms with Crippen molar-refractivity contribution in [1.82, 2.24) is 31.4 Å². The normalized spacial score (nSPS) is 25.7. The van der Waals surface area contributed by atoms with Gasteiger partial charge < -0.3 is 41.7 Å².